The normalized spacial score (nSPS) is 16.3. The van der Waals surface area contributed by atoms with Crippen LogP contribution in [0.5, 0.6) is 5.75 Å². The van der Waals surface area contributed by atoms with Gasteiger partial charge in [-0.1, -0.05) is 29.8 Å². The molecule has 0 N–H and O–H groups in total. The van der Waals surface area contributed by atoms with Crippen molar-refractivity contribution in [2.45, 2.75) is 45.1 Å². The van der Waals surface area contributed by atoms with E-state index in [0.717, 1.165) is 59.7 Å². The molecule has 2 aliphatic rings. The van der Waals surface area contributed by atoms with Gasteiger partial charge in [0.1, 0.15) is 17.3 Å². The minimum absolute atomic E-state index is 0.00288. The van der Waals surface area contributed by atoms with E-state index in [1.807, 2.05) is 41.0 Å². The number of ether oxygens (including phenoxy) is 1. The molecular weight excluding hydrogens is 478 g/mol. The number of amides is 1. The van der Waals surface area contributed by atoms with Crippen LogP contribution in [0.1, 0.15) is 36.8 Å². The Balaban J connectivity index is 1.37. The summed E-state index contributed by atoms with van der Waals surface area (Å²) in [6.45, 7) is 4.04. The molecule has 194 valence electrons. The maximum absolute atomic E-state index is 13.8. The Morgan fingerprint density at radius 1 is 1.03 bits per heavy atom. The summed E-state index contributed by atoms with van der Waals surface area (Å²) in [4.78, 5) is 30.2. The Kier molecular flexibility index (Phi) is 7.21. The molecule has 1 amide bonds. The third-order valence-electron chi connectivity index (χ3n) is 7.00. The summed E-state index contributed by atoms with van der Waals surface area (Å²) in [5, 5.41) is 4.23. The van der Waals surface area contributed by atoms with Gasteiger partial charge in [0, 0.05) is 32.2 Å². The number of carbonyl (C=O) groups is 1. The van der Waals surface area contributed by atoms with Crippen molar-refractivity contribution >= 4 is 11.6 Å². The van der Waals surface area contributed by atoms with Gasteiger partial charge in [-0.15, -0.1) is 0 Å². The minimum Gasteiger partial charge on any atom is -0.483 e. The lowest BCUT2D eigenvalue weighted by Crippen LogP contribution is -2.49. The molecule has 1 saturated heterocycles. The van der Waals surface area contributed by atoms with Crippen molar-refractivity contribution < 1.29 is 18.3 Å². The first-order chi connectivity index (χ1) is 17.9. The van der Waals surface area contributed by atoms with Gasteiger partial charge in [0.15, 0.2) is 0 Å². The van der Waals surface area contributed by atoms with Crippen molar-refractivity contribution in [2.75, 3.05) is 31.1 Å². The monoisotopic (exact) mass is 508 g/mol. The lowest BCUT2D eigenvalue weighted by molar-refractivity contribution is -0.130. The van der Waals surface area contributed by atoms with Crippen LogP contribution in [0.4, 0.5) is 14.5 Å². The second-order valence-corrected chi connectivity index (χ2v) is 9.76. The molecule has 0 radical (unpaired) electrons. The SMILES string of the molecule is Cc1cccc(CC(=O)N2CCN(c3cnn(-c4cc(F)cc(F)c4)c(=O)c3OC3CCCC3)CC2)c1. The number of hydrogen-bond acceptors (Lipinski definition) is 5. The van der Waals surface area contributed by atoms with E-state index in [0.29, 0.717) is 38.3 Å². The van der Waals surface area contributed by atoms with E-state index in [2.05, 4.69) is 5.10 Å². The van der Waals surface area contributed by atoms with Crippen LogP contribution in [0.25, 0.3) is 5.69 Å². The third-order valence-corrected chi connectivity index (χ3v) is 7.00. The van der Waals surface area contributed by atoms with E-state index in [9.17, 15) is 18.4 Å². The highest BCUT2D eigenvalue weighted by Crippen LogP contribution is 2.30. The van der Waals surface area contributed by atoms with Crippen LogP contribution in [0.2, 0.25) is 0 Å². The smallest absolute Gasteiger partial charge is 0.316 e. The Morgan fingerprint density at radius 3 is 2.41 bits per heavy atom. The van der Waals surface area contributed by atoms with Crippen LogP contribution < -0.4 is 15.2 Å². The van der Waals surface area contributed by atoms with Crippen molar-refractivity contribution in [3.05, 3.63) is 81.8 Å². The van der Waals surface area contributed by atoms with Gasteiger partial charge in [0.05, 0.1) is 24.4 Å². The molecule has 0 spiro atoms. The predicted octanol–water partition coefficient (Wildman–Crippen LogP) is 4.03. The first-order valence-corrected chi connectivity index (χ1v) is 12.7. The number of rotatable bonds is 6. The standard InChI is InChI=1S/C28H30F2N4O3/c1-19-5-4-6-20(13-19)14-26(35)33-11-9-32(10-12-33)25-18-31-34(23-16-21(29)15-22(30)17-23)28(36)27(25)37-24-7-2-3-8-24/h4-6,13,15-18,24H,2-3,7-12,14H2,1H3. The lowest BCUT2D eigenvalue weighted by atomic mass is 10.1. The van der Waals surface area contributed by atoms with Gasteiger partial charge >= 0.3 is 5.56 Å². The highest BCUT2D eigenvalue weighted by molar-refractivity contribution is 5.79. The van der Waals surface area contributed by atoms with Gasteiger partial charge < -0.3 is 14.5 Å². The van der Waals surface area contributed by atoms with Crippen molar-refractivity contribution in [3.8, 4) is 11.4 Å². The zero-order chi connectivity index (χ0) is 25.9. The van der Waals surface area contributed by atoms with Crippen molar-refractivity contribution in [1.82, 2.24) is 14.7 Å². The number of carbonyl (C=O) groups excluding carboxylic acids is 1. The van der Waals surface area contributed by atoms with Gasteiger partial charge in [-0.2, -0.15) is 9.78 Å². The molecule has 1 aliphatic heterocycles. The Morgan fingerprint density at radius 2 is 1.73 bits per heavy atom. The largest absolute Gasteiger partial charge is 0.483 e. The van der Waals surface area contributed by atoms with Gasteiger partial charge in [-0.05, 0) is 50.3 Å². The summed E-state index contributed by atoms with van der Waals surface area (Å²) in [5.41, 5.74) is 2.08. The Bertz CT molecular complexity index is 1330. The topological polar surface area (TPSA) is 67.7 Å². The second-order valence-electron chi connectivity index (χ2n) is 9.76. The average molecular weight is 509 g/mol. The quantitative estimate of drug-likeness (QED) is 0.503. The fraction of sp³-hybridized carbons (Fsp3) is 0.393. The van der Waals surface area contributed by atoms with Gasteiger partial charge in [-0.25, -0.2) is 8.78 Å². The van der Waals surface area contributed by atoms with E-state index in [1.165, 1.54) is 6.20 Å². The number of nitrogens with zero attached hydrogens (tertiary/aromatic N) is 4. The molecule has 5 rings (SSSR count). The van der Waals surface area contributed by atoms with Gasteiger partial charge in [0.25, 0.3) is 0 Å². The molecule has 1 aromatic heterocycles. The zero-order valence-corrected chi connectivity index (χ0v) is 20.8. The summed E-state index contributed by atoms with van der Waals surface area (Å²) >= 11 is 0. The fourth-order valence-corrected chi connectivity index (χ4v) is 5.09. The van der Waals surface area contributed by atoms with Crippen LogP contribution >= 0.6 is 0 Å². The molecule has 0 bridgehead atoms. The maximum Gasteiger partial charge on any atom is 0.316 e. The van der Waals surface area contributed by atoms with Crippen molar-refractivity contribution in [1.29, 1.82) is 0 Å². The first-order valence-electron chi connectivity index (χ1n) is 12.7. The lowest BCUT2D eigenvalue weighted by Gasteiger charge is -2.36. The van der Waals surface area contributed by atoms with Crippen LogP contribution in [-0.4, -0.2) is 52.9 Å². The second kappa shape index (κ2) is 10.7. The molecule has 2 fully saturated rings. The molecule has 2 heterocycles. The molecule has 37 heavy (non-hydrogen) atoms. The van der Waals surface area contributed by atoms with Crippen LogP contribution in [0.3, 0.4) is 0 Å². The molecular formula is C28H30F2N4O3. The predicted molar refractivity (Wildman–Crippen MR) is 136 cm³/mol. The molecule has 0 atom stereocenters. The number of aromatic nitrogens is 2. The summed E-state index contributed by atoms with van der Waals surface area (Å²) in [5.74, 6) is -1.39. The summed E-state index contributed by atoms with van der Waals surface area (Å²) < 4.78 is 34.9. The van der Waals surface area contributed by atoms with E-state index < -0.39 is 17.2 Å². The summed E-state index contributed by atoms with van der Waals surface area (Å²) in [6.07, 6.45) is 5.50. The summed E-state index contributed by atoms with van der Waals surface area (Å²) in [7, 11) is 0. The number of anilines is 1. The van der Waals surface area contributed by atoms with E-state index in [1.54, 1.807) is 0 Å². The maximum atomic E-state index is 13.8. The number of benzene rings is 2. The third kappa shape index (κ3) is 5.65. The fourth-order valence-electron chi connectivity index (χ4n) is 5.09. The molecule has 1 saturated carbocycles. The van der Waals surface area contributed by atoms with Crippen LogP contribution in [0, 0.1) is 18.6 Å². The molecule has 2 aromatic carbocycles. The average Bonchev–Trinajstić information content (AvgIpc) is 3.38. The molecule has 1 aliphatic carbocycles. The highest BCUT2D eigenvalue weighted by atomic mass is 19.1. The minimum atomic E-state index is -0.794. The molecule has 9 heteroatoms. The summed E-state index contributed by atoms with van der Waals surface area (Å²) in [6, 6.07) is 10.8. The molecule has 3 aromatic rings. The zero-order valence-electron chi connectivity index (χ0n) is 20.8. The van der Waals surface area contributed by atoms with Crippen LogP contribution in [0.15, 0.2) is 53.5 Å². The molecule has 7 nitrogen and oxygen atoms in total. The van der Waals surface area contributed by atoms with Gasteiger partial charge in [0.2, 0.25) is 11.7 Å². The van der Waals surface area contributed by atoms with E-state index >= 15 is 0 Å². The number of piperazine rings is 1. The number of aryl methyl sites for hydroxylation is 1. The van der Waals surface area contributed by atoms with E-state index in [4.69, 9.17) is 4.74 Å². The van der Waals surface area contributed by atoms with Crippen LogP contribution in [-0.2, 0) is 11.2 Å². The van der Waals surface area contributed by atoms with Crippen molar-refractivity contribution in [3.63, 3.8) is 0 Å². The van der Waals surface area contributed by atoms with Gasteiger partial charge in [-0.3, -0.25) is 9.59 Å². The highest BCUT2D eigenvalue weighted by Gasteiger charge is 2.28. The number of halogens is 2. The van der Waals surface area contributed by atoms with Crippen molar-refractivity contribution in [2.24, 2.45) is 0 Å². The molecule has 0 unspecified atom stereocenters. The Labute approximate surface area is 214 Å². The number of hydrogen-bond donors (Lipinski definition) is 0. The first kappa shape index (κ1) is 24.9. The Hall–Kier alpha value is -3.75. The van der Waals surface area contributed by atoms with E-state index in [-0.39, 0.29) is 23.4 Å².